The maximum atomic E-state index is 12.2. The summed E-state index contributed by atoms with van der Waals surface area (Å²) in [6.45, 7) is 4.45. The van der Waals surface area contributed by atoms with E-state index in [1.807, 2.05) is 62.4 Å². The summed E-state index contributed by atoms with van der Waals surface area (Å²) in [4.78, 5) is 12.2. The summed E-state index contributed by atoms with van der Waals surface area (Å²) in [6.07, 6.45) is 2.12. The zero-order valence-electron chi connectivity index (χ0n) is 15.3. The molecule has 0 radical (unpaired) electrons. The van der Waals surface area contributed by atoms with Gasteiger partial charge >= 0.3 is 0 Å². The van der Waals surface area contributed by atoms with Crippen LogP contribution in [0.4, 0.5) is 5.69 Å². The first kappa shape index (κ1) is 19.1. The van der Waals surface area contributed by atoms with Crippen LogP contribution in [-0.4, -0.2) is 19.6 Å². The molecule has 0 bridgehead atoms. The van der Waals surface area contributed by atoms with Crippen molar-refractivity contribution in [3.8, 4) is 11.8 Å². The van der Waals surface area contributed by atoms with Gasteiger partial charge in [-0.3, -0.25) is 4.79 Å². The number of nitrogens with zero attached hydrogens (tertiary/aromatic N) is 1. The number of carbonyl (C=O) groups is 1. The van der Waals surface area contributed by atoms with Gasteiger partial charge in [0.1, 0.15) is 17.4 Å². The number of amides is 1. The van der Waals surface area contributed by atoms with E-state index >= 15 is 0 Å². The van der Waals surface area contributed by atoms with Crippen LogP contribution >= 0.6 is 0 Å². The molecule has 0 aliphatic carbocycles. The Morgan fingerprint density at radius 1 is 1.19 bits per heavy atom. The molecule has 134 valence electrons. The van der Waals surface area contributed by atoms with Gasteiger partial charge in [-0.25, -0.2) is 0 Å². The molecule has 2 N–H and O–H groups in total. The number of ether oxygens (including phenoxy) is 1. The molecule has 0 aromatic heterocycles. The maximum absolute atomic E-state index is 12.2. The molecule has 5 heteroatoms. The van der Waals surface area contributed by atoms with E-state index in [0.717, 1.165) is 28.1 Å². The summed E-state index contributed by atoms with van der Waals surface area (Å²) in [7, 11) is 1.62. The van der Waals surface area contributed by atoms with Crippen molar-refractivity contribution >= 4 is 11.6 Å². The molecule has 2 aromatic rings. The summed E-state index contributed by atoms with van der Waals surface area (Å²) >= 11 is 0. The molecule has 2 rings (SSSR count). The van der Waals surface area contributed by atoms with Gasteiger partial charge in [0.25, 0.3) is 5.91 Å². The molecule has 0 aliphatic heterocycles. The van der Waals surface area contributed by atoms with Gasteiger partial charge in [-0.05, 0) is 49.6 Å². The van der Waals surface area contributed by atoms with Gasteiger partial charge in [-0.2, -0.15) is 5.26 Å². The van der Waals surface area contributed by atoms with Crippen molar-refractivity contribution in [3.05, 3.63) is 70.9 Å². The number of rotatable bonds is 7. The van der Waals surface area contributed by atoms with E-state index in [2.05, 4.69) is 10.6 Å². The fourth-order valence-electron chi connectivity index (χ4n) is 2.48. The SMILES string of the molecule is COc1ccc(CCNC(=O)/C(C#N)=C\Nc2ccc(C)cc2C)cc1. The number of nitriles is 1. The first-order valence-corrected chi connectivity index (χ1v) is 8.38. The Kier molecular flexibility index (Phi) is 6.81. The number of carbonyl (C=O) groups excluding carboxylic acids is 1. The highest BCUT2D eigenvalue weighted by Crippen LogP contribution is 2.16. The third-order valence-corrected chi connectivity index (χ3v) is 3.98. The minimum atomic E-state index is -0.390. The van der Waals surface area contributed by atoms with Crippen LogP contribution in [0.3, 0.4) is 0 Å². The third-order valence-electron chi connectivity index (χ3n) is 3.98. The predicted octanol–water partition coefficient (Wildman–Crippen LogP) is 3.49. The van der Waals surface area contributed by atoms with Gasteiger partial charge in [0.05, 0.1) is 7.11 Å². The Morgan fingerprint density at radius 3 is 2.54 bits per heavy atom. The predicted molar refractivity (Wildman–Crippen MR) is 103 cm³/mol. The number of aryl methyl sites for hydroxylation is 2. The molecule has 2 aromatic carbocycles. The molecule has 0 atom stereocenters. The topological polar surface area (TPSA) is 74.1 Å². The largest absolute Gasteiger partial charge is 0.497 e. The zero-order chi connectivity index (χ0) is 18.9. The molecule has 0 saturated carbocycles. The zero-order valence-corrected chi connectivity index (χ0v) is 15.3. The number of nitrogens with one attached hydrogen (secondary N) is 2. The molecular formula is C21H23N3O2. The second kappa shape index (κ2) is 9.28. The second-order valence-corrected chi connectivity index (χ2v) is 5.99. The molecule has 0 saturated heterocycles. The number of methoxy groups -OCH3 is 1. The summed E-state index contributed by atoms with van der Waals surface area (Å²) in [6, 6.07) is 15.5. The standard InChI is InChI=1S/C21H23N3O2/c1-15-4-9-20(16(2)12-15)24-14-18(13-22)21(25)23-11-10-17-5-7-19(26-3)8-6-17/h4-9,12,14,24H,10-11H2,1-3H3,(H,23,25)/b18-14-. The van der Waals surface area contributed by atoms with Crippen LogP contribution in [0.2, 0.25) is 0 Å². The molecule has 0 unspecified atom stereocenters. The molecule has 1 amide bonds. The van der Waals surface area contributed by atoms with Crippen molar-refractivity contribution in [2.45, 2.75) is 20.3 Å². The Labute approximate surface area is 154 Å². The molecule has 0 heterocycles. The number of hydrogen-bond acceptors (Lipinski definition) is 4. The average Bonchev–Trinajstić information content (AvgIpc) is 2.64. The van der Waals surface area contributed by atoms with E-state index in [0.29, 0.717) is 13.0 Å². The summed E-state index contributed by atoms with van der Waals surface area (Å²) in [5.41, 5.74) is 4.21. The van der Waals surface area contributed by atoms with Gasteiger partial charge < -0.3 is 15.4 Å². The first-order valence-electron chi connectivity index (χ1n) is 8.38. The fourth-order valence-corrected chi connectivity index (χ4v) is 2.48. The van der Waals surface area contributed by atoms with Crippen LogP contribution in [0.5, 0.6) is 5.75 Å². The monoisotopic (exact) mass is 349 g/mol. The molecule has 0 spiro atoms. The van der Waals surface area contributed by atoms with Crippen LogP contribution in [0.25, 0.3) is 0 Å². The lowest BCUT2D eigenvalue weighted by Gasteiger charge is -2.08. The van der Waals surface area contributed by atoms with E-state index in [-0.39, 0.29) is 5.57 Å². The van der Waals surface area contributed by atoms with Crippen LogP contribution in [0.1, 0.15) is 16.7 Å². The molecule has 5 nitrogen and oxygen atoms in total. The highest BCUT2D eigenvalue weighted by atomic mass is 16.5. The molecule has 26 heavy (non-hydrogen) atoms. The highest BCUT2D eigenvalue weighted by molar-refractivity contribution is 5.97. The highest BCUT2D eigenvalue weighted by Gasteiger charge is 2.08. The van der Waals surface area contributed by atoms with Crippen molar-refractivity contribution in [1.29, 1.82) is 5.26 Å². The maximum Gasteiger partial charge on any atom is 0.263 e. The van der Waals surface area contributed by atoms with Crippen LogP contribution < -0.4 is 15.4 Å². The minimum absolute atomic E-state index is 0.0414. The van der Waals surface area contributed by atoms with Gasteiger partial charge in [-0.1, -0.05) is 29.8 Å². The normalized spacial score (nSPS) is 10.8. The van der Waals surface area contributed by atoms with Crippen molar-refractivity contribution in [3.63, 3.8) is 0 Å². The molecule has 0 fully saturated rings. The van der Waals surface area contributed by atoms with E-state index in [4.69, 9.17) is 4.74 Å². The Hall–Kier alpha value is -3.26. The van der Waals surface area contributed by atoms with E-state index < -0.39 is 5.91 Å². The van der Waals surface area contributed by atoms with Crippen molar-refractivity contribution in [2.75, 3.05) is 19.0 Å². The average molecular weight is 349 g/mol. The summed E-state index contributed by atoms with van der Waals surface area (Å²) < 4.78 is 5.12. The lowest BCUT2D eigenvalue weighted by atomic mass is 10.1. The quantitative estimate of drug-likeness (QED) is 0.593. The Morgan fingerprint density at radius 2 is 1.92 bits per heavy atom. The van der Waals surface area contributed by atoms with Crippen molar-refractivity contribution in [1.82, 2.24) is 5.32 Å². The van der Waals surface area contributed by atoms with Gasteiger partial charge in [-0.15, -0.1) is 0 Å². The first-order chi connectivity index (χ1) is 12.5. The summed E-state index contributed by atoms with van der Waals surface area (Å²) in [5.74, 6) is 0.406. The van der Waals surface area contributed by atoms with E-state index in [9.17, 15) is 10.1 Å². The third kappa shape index (κ3) is 5.38. The molecule has 0 aliphatic rings. The lowest BCUT2D eigenvalue weighted by molar-refractivity contribution is -0.117. The van der Waals surface area contributed by atoms with Crippen molar-refractivity contribution < 1.29 is 9.53 Å². The Balaban J connectivity index is 1.90. The number of hydrogen-bond donors (Lipinski definition) is 2. The number of anilines is 1. The van der Waals surface area contributed by atoms with Gasteiger partial charge in [0.2, 0.25) is 0 Å². The van der Waals surface area contributed by atoms with Gasteiger partial charge in [0, 0.05) is 18.4 Å². The smallest absolute Gasteiger partial charge is 0.263 e. The van der Waals surface area contributed by atoms with E-state index in [1.54, 1.807) is 7.11 Å². The van der Waals surface area contributed by atoms with Crippen LogP contribution in [0, 0.1) is 25.2 Å². The van der Waals surface area contributed by atoms with Crippen LogP contribution in [-0.2, 0) is 11.2 Å². The number of benzene rings is 2. The molecular weight excluding hydrogens is 326 g/mol. The Bertz CT molecular complexity index is 833. The summed E-state index contributed by atoms with van der Waals surface area (Å²) in [5, 5.41) is 15.0. The fraction of sp³-hybridized carbons (Fsp3) is 0.238. The second-order valence-electron chi connectivity index (χ2n) is 5.99. The van der Waals surface area contributed by atoms with Crippen molar-refractivity contribution in [2.24, 2.45) is 0 Å². The minimum Gasteiger partial charge on any atom is -0.497 e. The van der Waals surface area contributed by atoms with E-state index in [1.165, 1.54) is 6.20 Å². The lowest BCUT2D eigenvalue weighted by Crippen LogP contribution is -2.27. The van der Waals surface area contributed by atoms with Gasteiger partial charge in [0.15, 0.2) is 0 Å². The van der Waals surface area contributed by atoms with Crippen LogP contribution in [0.15, 0.2) is 54.2 Å².